The van der Waals surface area contributed by atoms with Crippen molar-refractivity contribution in [1.29, 1.82) is 0 Å². The molecule has 65 heavy (non-hydrogen) atoms. The Morgan fingerprint density at radius 1 is 0.369 bits per heavy atom. The first-order valence-electron chi connectivity index (χ1n) is 29.8. The predicted octanol–water partition coefficient (Wildman–Crippen LogP) is 18.3. The molecule has 0 radical (unpaired) electrons. The smallest absolute Gasteiger partial charge is 0.305 e. The molecule has 3 N–H and O–H groups in total. The maximum Gasteiger partial charge on any atom is 0.305 e. The summed E-state index contributed by atoms with van der Waals surface area (Å²) in [5.74, 6) is -0.0781. The number of nitrogens with one attached hydrogen (secondary N) is 1. The molecule has 2 atom stereocenters. The van der Waals surface area contributed by atoms with Gasteiger partial charge in [-0.15, -0.1) is 0 Å². The van der Waals surface area contributed by atoms with Crippen LogP contribution in [0.25, 0.3) is 0 Å². The highest BCUT2D eigenvalue weighted by molar-refractivity contribution is 5.76. The van der Waals surface area contributed by atoms with E-state index in [1.165, 1.54) is 250 Å². The Kier molecular flexibility index (Phi) is 54.5. The van der Waals surface area contributed by atoms with Crippen molar-refractivity contribution in [2.75, 3.05) is 13.2 Å². The van der Waals surface area contributed by atoms with Crippen LogP contribution in [-0.4, -0.2) is 47.4 Å². The van der Waals surface area contributed by atoms with Crippen molar-refractivity contribution in [3.8, 4) is 0 Å². The number of rotatable bonds is 56. The Morgan fingerprint density at radius 3 is 0.938 bits per heavy atom. The molecule has 388 valence electrons. The zero-order chi connectivity index (χ0) is 47.2. The van der Waals surface area contributed by atoms with Crippen LogP contribution in [0.15, 0.2) is 0 Å². The van der Waals surface area contributed by atoms with Gasteiger partial charge >= 0.3 is 5.97 Å². The lowest BCUT2D eigenvalue weighted by Gasteiger charge is -2.22. The van der Waals surface area contributed by atoms with E-state index in [0.29, 0.717) is 25.9 Å². The normalized spacial score (nSPS) is 12.5. The Morgan fingerprint density at radius 2 is 0.631 bits per heavy atom. The van der Waals surface area contributed by atoms with Crippen molar-refractivity contribution in [2.24, 2.45) is 0 Å². The largest absolute Gasteiger partial charge is 0.466 e. The second-order valence-electron chi connectivity index (χ2n) is 20.7. The summed E-state index contributed by atoms with van der Waals surface area (Å²) in [6, 6.07) is -0.561. The van der Waals surface area contributed by atoms with Gasteiger partial charge in [0.25, 0.3) is 0 Å². The molecule has 0 fully saturated rings. The molecular formula is C59H117NO5. The average molecular weight is 921 g/mol. The van der Waals surface area contributed by atoms with Gasteiger partial charge in [-0.2, -0.15) is 0 Å². The number of unbranched alkanes of at least 4 members (excludes halogenated alkanes) is 45. The van der Waals surface area contributed by atoms with Gasteiger partial charge in [0.1, 0.15) is 0 Å². The fraction of sp³-hybridized carbons (Fsp3) is 0.966. The summed E-state index contributed by atoms with van der Waals surface area (Å²) < 4.78 is 5.46. The minimum absolute atomic E-state index is 0.0209. The van der Waals surface area contributed by atoms with Crippen molar-refractivity contribution in [2.45, 2.75) is 353 Å². The molecule has 0 rings (SSSR count). The van der Waals surface area contributed by atoms with Crippen molar-refractivity contribution < 1.29 is 24.5 Å². The number of carbonyl (C=O) groups excluding carboxylic acids is 2. The van der Waals surface area contributed by atoms with E-state index in [4.69, 9.17) is 4.74 Å². The number of carbonyl (C=O) groups is 2. The minimum atomic E-state index is -0.681. The molecular weight excluding hydrogens is 803 g/mol. The van der Waals surface area contributed by atoms with E-state index in [1.807, 2.05) is 0 Å². The number of amides is 1. The molecule has 1 amide bonds. The molecule has 0 aromatic rings. The molecule has 0 saturated carbocycles. The van der Waals surface area contributed by atoms with Gasteiger partial charge < -0.3 is 20.3 Å². The zero-order valence-corrected chi connectivity index (χ0v) is 44.3. The highest BCUT2D eigenvalue weighted by atomic mass is 16.5. The lowest BCUT2D eigenvalue weighted by molar-refractivity contribution is -0.143. The Labute approximate surface area is 406 Å². The first kappa shape index (κ1) is 63.9. The average Bonchev–Trinajstić information content (AvgIpc) is 3.31. The van der Waals surface area contributed by atoms with E-state index >= 15 is 0 Å². The molecule has 0 bridgehead atoms. The molecule has 0 aliphatic carbocycles. The van der Waals surface area contributed by atoms with Crippen LogP contribution in [0.2, 0.25) is 0 Å². The third-order valence-electron chi connectivity index (χ3n) is 14.2. The van der Waals surface area contributed by atoms with Gasteiger partial charge in [0.05, 0.1) is 25.4 Å². The van der Waals surface area contributed by atoms with Gasteiger partial charge in [-0.3, -0.25) is 9.59 Å². The van der Waals surface area contributed by atoms with Crippen LogP contribution in [0.1, 0.15) is 341 Å². The summed E-state index contributed by atoms with van der Waals surface area (Å²) in [5, 5.41) is 23.3. The van der Waals surface area contributed by atoms with Gasteiger partial charge in [-0.05, 0) is 25.7 Å². The molecule has 0 aliphatic rings. The molecule has 0 spiro atoms. The predicted molar refractivity (Wildman–Crippen MR) is 283 cm³/mol. The van der Waals surface area contributed by atoms with E-state index in [1.54, 1.807) is 0 Å². The number of esters is 1. The number of aliphatic hydroxyl groups is 2. The Bertz CT molecular complexity index is 928. The van der Waals surface area contributed by atoms with Gasteiger partial charge in [0.15, 0.2) is 0 Å². The molecule has 0 heterocycles. The molecule has 2 unspecified atom stereocenters. The van der Waals surface area contributed by atoms with Gasteiger partial charge in [-0.25, -0.2) is 0 Å². The van der Waals surface area contributed by atoms with Crippen molar-refractivity contribution in [3.63, 3.8) is 0 Å². The first-order chi connectivity index (χ1) is 32.0. The Hall–Kier alpha value is -1.14. The maximum absolute atomic E-state index is 12.5. The Balaban J connectivity index is 3.44. The van der Waals surface area contributed by atoms with E-state index in [-0.39, 0.29) is 18.5 Å². The highest BCUT2D eigenvalue weighted by Gasteiger charge is 2.20. The summed E-state index contributed by atoms with van der Waals surface area (Å²) in [6.45, 7) is 4.92. The third kappa shape index (κ3) is 52.1. The second-order valence-corrected chi connectivity index (χ2v) is 20.7. The summed E-state index contributed by atoms with van der Waals surface area (Å²) in [4.78, 5) is 24.6. The van der Waals surface area contributed by atoms with Gasteiger partial charge in [0, 0.05) is 12.8 Å². The van der Waals surface area contributed by atoms with Crippen molar-refractivity contribution in [3.05, 3.63) is 0 Å². The van der Waals surface area contributed by atoms with Crippen molar-refractivity contribution >= 4 is 11.9 Å². The van der Waals surface area contributed by atoms with E-state index in [9.17, 15) is 19.8 Å². The summed E-state index contributed by atoms with van der Waals surface area (Å²) in [5.41, 5.74) is 0. The quantitative estimate of drug-likeness (QED) is 0.0417. The van der Waals surface area contributed by atoms with Crippen LogP contribution in [0.5, 0.6) is 0 Å². The van der Waals surface area contributed by atoms with Crippen LogP contribution in [0, 0.1) is 0 Å². The second kappa shape index (κ2) is 55.5. The number of hydrogen-bond donors (Lipinski definition) is 3. The first-order valence-corrected chi connectivity index (χ1v) is 29.8. The standard InChI is InChI=1S/C59H117NO5/c1-3-5-7-9-11-13-15-17-19-20-21-22-23-24-25-26-27-28-29-30-32-35-39-43-47-51-57(62)56(55-61)60-58(63)52-48-44-40-36-34-38-42-46-50-54-65-59(64)53-49-45-41-37-33-31-18-16-14-12-10-8-6-4-2/h56-57,61-62H,3-55H2,1-2H3,(H,60,63). The van der Waals surface area contributed by atoms with E-state index in [0.717, 1.165) is 57.8 Å². The van der Waals surface area contributed by atoms with Gasteiger partial charge in [-0.1, -0.05) is 303 Å². The lowest BCUT2D eigenvalue weighted by Crippen LogP contribution is -2.45. The van der Waals surface area contributed by atoms with Crippen molar-refractivity contribution in [1.82, 2.24) is 5.32 Å². The number of aliphatic hydroxyl groups excluding tert-OH is 2. The fourth-order valence-corrected chi connectivity index (χ4v) is 9.58. The molecule has 0 aromatic carbocycles. The molecule has 0 aliphatic heterocycles. The van der Waals surface area contributed by atoms with E-state index < -0.39 is 12.1 Å². The van der Waals surface area contributed by atoms with Crippen LogP contribution in [0.4, 0.5) is 0 Å². The summed E-state index contributed by atoms with van der Waals surface area (Å²) in [7, 11) is 0. The zero-order valence-electron chi connectivity index (χ0n) is 44.3. The summed E-state index contributed by atoms with van der Waals surface area (Å²) in [6.07, 6.45) is 63.9. The number of hydrogen-bond acceptors (Lipinski definition) is 5. The van der Waals surface area contributed by atoms with Crippen LogP contribution >= 0.6 is 0 Å². The van der Waals surface area contributed by atoms with E-state index in [2.05, 4.69) is 19.2 Å². The molecule has 0 saturated heterocycles. The van der Waals surface area contributed by atoms with Crippen LogP contribution < -0.4 is 5.32 Å². The summed E-state index contributed by atoms with van der Waals surface area (Å²) >= 11 is 0. The highest BCUT2D eigenvalue weighted by Crippen LogP contribution is 2.18. The topological polar surface area (TPSA) is 95.9 Å². The lowest BCUT2D eigenvalue weighted by atomic mass is 10.0. The number of ether oxygens (including phenoxy) is 1. The fourth-order valence-electron chi connectivity index (χ4n) is 9.58. The molecule has 6 heteroatoms. The van der Waals surface area contributed by atoms with Crippen LogP contribution in [0.3, 0.4) is 0 Å². The minimum Gasteiger partial charge on any atom is -0.466 e. The molecule has 0 aromatic heterocycles. The maximum atomic E-state index is 12.5. The third-order valence-corrected chi connectivity index (χ3v) is 14.2. The van der Waals surface area contributed by atoms with Crippen LogP contribution in [-0.2, 0) is 14.3 Å². The SMILES string of the molecule is CCCCCCCCCCCCCCCCCCCCCCCCCCCC(O)C(CO)NC(=O)CCCCCCCCCCCOC(=O)CCCCCCCCCCCCCCCC. The monoisotopic (exact) mass is 920 g/mol. The molecule has 6 nitrogen and oxygen atoms in total. The van der Waals surface area contributed by atoms with Gasteiger partial charge in [0.2, 0.25) is 5.91 Å².